The molecule has 0 radical (unpaired) electrons. The van der Waals surface area contributed by atoms with Gasteiger partial charge in [0.25, 0.3) is 0 Å². The van der Waals surface area contributed by atoms with E-state index in [-0.39, 0.29) is 5.56 Å². The molecule has 1 aliphatic heterocycles. The number of morpholine rings is 1. The zero-order valence-electron chi connectivity index (χ0n) is 11.0. The predicted octanol–water partition coefficient (Wildman–Crippen LogP) is 0.302. The molecule has 1 aliphatic rings. The molecule has 1 saturated heterocycles. The Hall–Kier alpha value is -1.99. The molecule has 0 atom stereocenters. The van der Waals surface area contributed by atoms with E-state index < -0.39 is 5.97 Å². The standard InChI is InChI=1S/C13H16N4O3/c18-13(19)10-1-2-12-14-11(15-17(12)9-10)3-4-16-5-7-20-8-6-16/h1-2,9H,3-8H2,(H,18,19). The second kappa shape index (κ2) is 5.56. The third kappa shape index (κ3) is 2.78. The molecule has 2 aromatic rings. The van der Waals surface area contributed by atoms with Gasteiger partial charge in [-0.05, 0) is 12.1 Å². The SMILES string of the molecule is O=C(O)c1ccc2nc(CCN3CCOCC3)nn2c1. The lowest BCUT2D eigenvalue weighted by molar-refractivity contribution is 0.0382. The number of nitrogens with zero attached hydrogens (tertiary/aromatic N) is 4. The molecule has 0 aromatic carbocycles. The van der Waals surface area contributed by atoms with Crippen LogP contribution in [0, 0.1) is 0 Å². The minimum atomic E-state index is -0.961. The first-order valence-electron chi connectivity index (χ1n) is 6.61. The second-order valence-corrected chi connectivity index (χ2v) is 4.76. The highest BCUT2D eigenvalue weighted by Gasteiger charge is 2.12. The van der Waals surface area contributed by atoms with Gasteiger partial charge in [0, 0.05) is 32.3 Å². The Kier molecular flexibility index (Phi) is 3.62. The quantitative estimate of drug-likeness (QED) is 0.865. The van der Waals surface area contributed by atoms with Crippen molar-refractivity contribution >= 4 is 11.6 Å². The Bertz CT molecular complexity index is 619. The van der Waals surface area contributed by atoms with Gasteiger partial charge in [0.2, 0.25) is 0 Å². The fraction of sp³-hybridized carbons (Fsp3) is 0.462. The number of hydrogen-bond donors (Lipinski definition) is 1. The van der Waals surface area contributed by atoms with Crippen LogP contribution in [-0.4, -0.2) is 63.4 Å². The van der Waals surface area contributed by atoms with Gasteiger partial charge in [-0.25, -0.2) is 14.3 Å². The highest BCUT2D eigenvalue weighted by molar-refractivity contribution is 5.87. The lowest BCUT2D eigenvalue weighted by atomic mass is 10.3. The van der Waals surface area contributed by atoms with Crippen molar-refractivity contribution in [2.45, 2.75) is 6.42 Å². The summed E-state index contributed by atoms with van der Waals surface area (Å²) in [7, 11) is 0. The molecule has 0 aliphatic carbocycles. The second-order valence-electron chi connectivity index (χ2n) is 4.76. The van der Waals surface area contributed by atoms with Crippen LogP contribution >= 0.6 is 0 Å². The number of fused-ring (bicyclic) bond motifs is 1. The first-order chi connectivity index (χ1) is 9.72. The molecule has 0 amide bonds. The highest BCUT2D eigenvalue weighted by atomic mass is 16.5. The van der Waals surface area contributed by atoms with Crippen LogP contribution in [0.2, 0.25) is 0 Å². The molecule has 1 fully saturated rings. The van der Waals surface area contributed by atoms with E-state index in [2.05, 4.69) is 15.0 Å². The summed E-state index contributed by atoms with van der Waals surface area (Å²) >= 11 is 0. The van der Waals surface area contributed by atoms with Gasteiger partial charge >= 0.3 is 5.97 Å². The number of ether oxygens (including phenoxy) is 1. The van der Waals surface area contributed by atoms with Crippen LogP contribution in [0.25, 0.3) is 5.65 Å². The van der Waals surface area contributed by atoms with E-state index in [1.54, 1.807) is 6.07 Å². The molecule has 7 nitrogen and oxygen atoms in total. The number of rotatable bonds is 4. The molecular weight excluding hydrogens is 260 g/mol. The Morgan fingerprint density at radius 1 is 1.35 bits per heavy atom. The van der Waals surface area contributed by atoms with Gasteiger partial charge in [-0.2, -0.15) is 5.10 Å². The van der Waals surface area contributed by atoms with E-state index in [0.717, 1.165) is 45.1 Å². The third-order valence-electron chi connectivity index (χ3n) is 3.38. The molecule has 106 valence electrons. The molecule has 2 aromatic heterocycles. The normalized spacial score (nSPS) is 16.6. The minimum absolute atomic E-state index is 0.210. The number of carboxylic acid groups (broad SMARTS) is 1. The highest BCUT2D eigenvalue weighted by Crippen LogP contribution is 2.06. The van der Waals surface area contributed by atoms with Gasteiger partial charge in [-0.3, -0.25) is 4.90 Å². The molecule has 0 unspecified atom stereocenters. The van der Waals surface area contributed by atoms with E-state index in [1.165, 1.54) is 16.8 Å². The van der Waals surface area contributed by atoms with Crippen molar-refractivity contribution in [3.63, 3.8) is 0 Å². The van der Waals surface area contributed by atoms with Crippen LogP contribution in [0.1, 0.15) is 16.2 Å². The van der Waals surface area contributed by atoms with Crippen LogP contribution in [0.3, 0.4) is 0 Å². The van der Waals surface area contributed by atoms with Crippen molar-refractivity contribution < 1.29 is 14.6 Å². The Morgan fingerprint density at radius 2 is 2.15 bits per heavy atom. The predicted molar refractivity (Wildman–Crippen MR) is 70.9 cm³/mol. The first-order valence-corrected chi connectivity index (χ1v) is 6.61. The molecule has 0 saturated carbocycles. The smallest absolute Gasteiger partial charge is 0.337 e. The largest absolute Gasteiger partial charge is 0.478 e. The lowest BCUT2D eigenvalue weighted by Gasteiger charge is -2.25. The maximum absolute atomic E-state index is 10.9. The fourth-order valence-electron chi connectivity index (χ4n) is 2.24. The summed E-state index contributed by atoms with van der Waals surface area (Å²) < 4.78 is 6.83. The zero-order chi connectivity index (χ0) is 13.9. The van der Waals surface area contributed by atoms with Gasteiger partial charge in [0.1, 0.15) is 0 Å². The van der Waals surface area contributed by atoms with Crippen molar-refractivity contribution in [1.82, 2.24) is 19.5 Å². The average molecular weight is 276 g/mol. The molecule has 20 heavy (non-hydrogen) atoms. The zero-order valence-corrected chi connectivity index (χ0v) is 11.0. The van der Waals surface area contributed by atoms with Gasteiger partial charge in [-0.15, -0.1) is 0 Å². The summed E-state index contributed by atoms with van der Waals surface area (Å²) in [4.78, 5) is 17.6. The van der Waals surface area contributed by atoms with Crippen molar-refractivity contribution in [3.8, 4) is 0 Å². The molecular formula is C13H16N4O3. The summed E-state index contributed by atoms with van der Waals surface area (Å²) in [6.07, 6.45) is 2.24. The topological polar surface area (TPSA) is 80.0 Å². The van der Waals surface area contributed by atoms with Crippen molar-refractivity contribution in [1.29, 1.82) is 0 Å². The number of pyridine rings is 1. The molecule has 3 rings (SSSR count). The Morgan fingerprint density at radius 3 is 2.90 bits per heavy atom. The van der Waals surface area contributed by atoms with Crippen molar-refractivity contribution in [2.24, 2.45) is 0 Å². The number of hydrogen-bond acceptors (Lipinski definition) is 5. The van der Waals surface area contributed by atoms with Crippen LogP contribution < -0.4 is 0 Å². The van der Waals surface area contributed by atoms with E-state index in [9.17, 15) is 4.79 Å². The van der Waals surface area contributed by atoms with Crippen LogP contribution in [-0.2, 0) is 11.2 Å². The number of aromatic nitrogens is 3. The number of carbonyl (C=O) groups is 1. The van der Waals surface area contributed by atoms with Gasteiger partial charge in [-0.1, -0.05) is 0 Å². The summed E-state index contributed by atoms with van der Waals surface area (Å²) in [5, 5.41) is 13.3. The summed E-state index contributed by atoms with van der Waals surface area (Å²) in [6, 6.07) is 3.22. The Balaban J connectivity index is 1.70. The maximum Gasteiger partial charge on any atom is 0.337 e. The monoisotopic (exact) mass is 276 g/mol. The number of aromatic carboxylic acids is 1. The van der Waals surface area contributed by atoms with Gasteiger partial charge in [0.15, 0.2) is 11.5 Å². The lowest BCUT2D eigenvalue weighted by Crippen LogP contribution is -2.37. The summed E-state index contributed by atoms with van der Waals surface area (Å²) in [6.45, 7) is 4.33. The summed E-state index contributed by atoms with van der Waals surface area (Å²) in [5.74, 6) is -0.226. The van der Waals surface area contributed by atoms with E-state index in [0.29, 0.717) is 5.65 Å². The molecule has 7 heteroatoms. The van der Waals surface area contributed by atoms with Crippen molar-refractivity contribution in [3.05, 3.63) is 29.7 Å². The van der Waals surface area contributed by atoms with Crippen LogP contribution in [0.5, 0.6) is 0 Å². The van der Waals surface area contributed by atoms with E-state index in [4.69, 9.17) is 9.84 Å². The van der Waals surface area contributed by atoms with Gasteiger partial charge < -0.3 is 9.84 Å². The summed E-state index contributed by atoms with van der Waals surface area (Å²) in [5.41, 5.74) is 0.883. The van der Waals surface area contributed by atoms with Crippen molar-refractivity contribution in [2.75, 3.05) is 32.8 Å². The minimum Gasteiger partial charge on any atom is -0.478 e. The maximum atomic E-state index is 10.9. The number of carboxylic acids is 1. The molecule has 3 heterocycles. The average Bonchev–Trinajstić information content (AvgIpc) is 2.88. The van der Waals surface area contributed by atoms with Gasteiger partial charge in [0.05, 0.1) is 18.8 Å². The van der Waals surface area contributed by atoms with Crippen LogP contribution in [0.15, 0.2) is 18.3 Å². The van der Waals surface area contributed by atoms with Crippen LogP contribution in [0.4, 0.5) is 0 Å². The fourth-order valence-corrected chi connectivity index (χ4v) is 2.24. The van der Waals surface area contributed by atoms with E-state index in [1.807, 2.05) is 0 Å². The molecule has 0 bridgehead atoms. The molecule has 0 spiro atoms. The van der Waals surface area contributed by atoms with E-state index >= 15 is 0 Å². The first kappa shape index (κ1) is 13.0. The third-order valence-corrected chi connectivity index (χ3v) is 3.38. The molecule has 1 N–H and O–H groups in total. The Labute approximate surface area is 115 Å².